The number of hydrogen-bond acceptors (Lipinski definition) is 10. The van der Waals surface area contributed by atoms with Crippen molar-refractivity contribution in [1.29, 1.82) is 0 Å². The fourth-order valence-electron chi connectivity index (χ4n) is 5.73. The van der Waals surface area contributed by atoms with Gasteiger partial charge in [-0.25, -0.2) is 21.8 Å². The number of aliphatic hydroxyl groups is 2. The van der Waals surface area contributed by atoms with Crippen molar-refractivity contribution in [2.45, 2.75) is 53.0 Å². The smallest absolute Gasteiger partial charge is 0.433 e. The number of pyridine rings is 1. The van der Waals surface area contributed by atoms with Crippen LogP contribution in [0.5, 0.6) is 5.75 Å². The highest BCUT2D eigenvalue weighted by atomic mass is 32.2. The number of aromatic nitrogens is 1. The number of rotatable bonds is 12. The summed E-state index contributed by atoms with van der Waals surface area (Å²) in [5.74, 6) is -0.132. The Bertz CT molecular complexity index is 1770. The van der Waals surface area contributed by atoms with Gasteiger partial charge < -0.3 is 25.0 Å². The van der Waals surface area contributed by atoms with Crippen molar-refractivity contribution in [1.82, 2.24) is 14.6 Å². The number of ether oxygens (including phenoxy) is 2. The van der Waals surface area contributed by atoms with Gasteiger partial charge in [0.05, 0.1) is 40.1 Å². The van der Waals surface area contributed by atoms with E-state index in [-0.39, 0.29) is 59.1 Å². The predicted octanol–water partition coefficient (Wildman–Crippen LogP) is 2.88. The maximum atomic E-state index is 13.5. The highest BCUT2D eigenvalue weighted by molar-refractivity contribution is 7.91. The molecule has 0 unspecified atom stereocenters. The number of alkyl halides is 3. The quantitative estimate of drug-likeness (QED) is 0.257. The summed E-state index contributed by atoms with van der Waals surface area (Å²) in [5.41, 5.74) is -1.32. The van der Waals surface area contributed by atoms with E-state index in [4.69, 9.17) is 14.6 Å². The van der Waals surface area contributed by atoms with Gasteiger partial charge in [0.15, 0.2) is 9.84 Å². The van der Waals surface area contributed by atoms with Crippen molar-refractivity contribution in [3.8, 4) is 17.0 Å². The van der Waals surface area contributed by atoms with Crippen molar-refractivity contribution in [3.63, 3.8) is 0 Å². The summed E-state index contributed by atoms with van der Waals surface area (Å²) in [5, 5.41) is 22.7. The Labute approximate surface area is 271 Å². The zero-order valence-electron chi connectivity index (χ0n) is 25.3. The molecule has 5 rings (SSSR count). The summed E-state index contributed by atoms with van der Waals surface area (Å²) in [6.07, 6.45) is -4.03. The summed E-state index contributed by atoms with van der Waals surface area (Å²) < 4.78 is 104. The normalized spacial score (nSPS) is 19.6. The van der Waals surface area contributed by atoms with Crippen molar-refractivity contribution in [3.05, 3.63) is 72.4 Å². The first kappa shape index (κ1) is 35.2. The van der Waals surface area contributed by atoms with Gasteiger partial charge in [0.1, 0.15) is 24.2 Å². The molecule has 1 aromatic heterocycles. The molecule has 0 bridgehead atoms. The first-order valence-electron chi connectivity index (χ1n) is 15.0. The maximum absolute atomic E-state index is 13.5. The second-order valence-electron chi connectivity index (χ2n) is 11.6. The fourth-order valence-corrected chi connectivity index (χ4v) is 8.27. The van der Waals surface area contributed by atoms with E-state index < -0.39 is 55.8 Å². The topological polar surface area (TPSA) is 155 Å². The van der Waals surface area contributed by atoms with Crippen LogP contribution >= 0.6 is 0 Å². The first-order chi connectivity index (χ1) is 22.2. The summed E-state index contributed by atoms with van der Waals surface area (Å²) >= 11 is 0. The summed E-state index contributed by atoms with van der Waals surface area (Å²) in [6, 6.07) is 15.0. The number of aliphatic hydroxyl groups excluding tert-OH is 2. The molecule has 0 radical (unpaired) electrons. The number of halogens is 3. The third kappa shape index (κ3) is 8.49. The van der Waals surface area contributed by atoms with E-state index in [0.29, 0.717) is 25.9 Å². The lowest BCUT2D eigenvalue weighted by atomic mass is 9.88. The number of piperidine rings is 1. The molecule has 2 aliphatic heterocycles. The third-order valence-electron chi connectivity index (χ3n) is 8.26. The Hall–Kier alpha value is -3.12. The van der Waals surface area contributed by atoms with E-state index in [0.717, 1.165) is 6.07 Å². The molecule has 2 aromatic carbocycles. The minimum atomic E-state index is -4.63. The average molecular weight is 700 g/mol. The molecule has 2 saturated heterocycles. The molecular weight excluding hydrogens is 663 g/mol. The lowest BCUT2D eigenvalue weighted by Crippen LogP contribution is -2.47. The van der Waals surface area contributed by atoms with Crippen LogP contribution in [0.2, 0.25) is 0 Å². The standard InChI is InChI=1S/C31H36F3N3O8S2/c32-31(33,34)29-9-3-8-28(36-29)22-4-1-7-27(16-22)47(42,43)37-12-10-30(11-13-37)18-23(20-45-30)35-19-24(39)21-44-25-5-2-6-26(17-25)46(40,41)15-14-38/h1-9,16-17,23-24,35,38-39H,10-15,18-21H2/t23-,24+/m1/s1. The molecule has 16 heteroatoms. The van der Waals surface area contributed by atoms with Crippen LogP contribution in [0, 0.1) is 0 Å². The Morgan fingerprint density at radius 2 is 1.72 bits per heavy atom. The van der Waals surface area contributed by atoms with E-state index in [1.807, 2.05) is 0 Å². The van der Waals surface area contributed by atoms with Gasteiger partial charge in [-0.15, -0.1) is 0 Å². The van der Waals surface area contributed by atoms with Gasteiger partial charge >= 0.3 is 6.18 Å². The molecule has 1 spiro atoms. The lowest BCUT2D eigenvalue weighted by Gasteiger charge is -2.38. The van der Waals surface area contributed by atoms with Crippen LogP contribution in [0.1, 0.15) is 25.0 Å². The van der Waals surface area contributed by atoms with Gasteiger partial charge in [-0.05, 0) is 61.7 Å². The van der Waals surface area contributed by atoms with Crippen molar-refractivity contribution < 1.29 is 49.7 Å². The monoisotopic (exact) mass is 699 g/mol. The molecule has 3 aromatic rings. The Kier molecular flexibility index (Phi) is 10.6. The SMILES string of the molecule is O=S(=O)(CCO)c1cccc(OC[C@@H](O)CN[C@H]2COC3(CCN(S(=O)(=O)c4cccc(-c5cccc(C(F)(F)F)n5)c4)CC3)C2)c1. The van der Waals surface area contributed by atoms with Gasteiger partial charge in [0, 0.05) is 31.2 Å². The summed E-state index contributed by atoms with van der Waals surface area (Å²) in [7, 11) is -7.57. The first-order valence-corrected chi connectivity index (χ1v) is 18.1. The van der Waals surface area contributed by atoms with Crippen molar-refractivity contribution in [2.75, 3.05) is 45.2 Å². The number of sulfone groups is 1. The van der Waals surface area contributed by atoms with Gasteiger partial charge in [-0.1, -0.05) is 24.3 Å². The van der Waals surface area contributed by atoms with Gasteiger partial charge in [0.2, 0.25) is 10.0 Å². The van der Waals surface area contributed by atoms with Crippen molar-refractivity contribution >= 4 is 19.9 Å². The number of benzene rings is 2. The molecule has 2 aliphatic rings. The van der Waals surface area contributed by atoms with E-state index in [2.05, 4.69) is 10.3 Å². The maximum Gasteiger partial charge on any atom is 0.433 e. The highest BCUT2D eigenvalue weighted by Crippen LogP contribution is 2.38. The van der Waals surface area contributed by atoms with Crippen LogP contribution in [-0.2, 0) is 30.8 Å². The van der Waals surface area contributed by atoms with Crippen LogP contribution in [0.15, 0.2) is 76.5 Å². The van der Waals surface area contributed by atoms with Gasteiger partial charge in [-0.2, -0.15) is 17.5 Å². The van der Waals surface area contributed by atoms with Gasteiger partial charge in [-0.3, -0.25) is 0 Å². The molecule has 0 amide bonds. The molecule has 47 heavy (non-hydrogen) atoms. The molecule has 3 heterocycles. The highest BCUT2D eigenvalue weighted by Gasteiger charge is 2.45. The van der Waals surface area contributed by atoms with Gasteiger partial charge in [0.25, 0.3) is 0 Å². The summed E-state index contributed by atoms with van der Waals surface area (Å²) in [4.78, 5) is 3.65. The molecule has 11 nitrogen and oxygen atoms in total. The van der Waals surface area contributed by atoms with E-state index >= 15 is 0 Å². The number of nitrogens with zero attached hydrogens (tertiary/aromatic N) is 2. The number of nitrogens with one attached hydrogen (secondary N) is 1. The average Bonchev–Trinajstić information content (AvgIpc) is 3.44. The second-order valence-corrected chi connectivity index (χ2v) is 15.7. The van der Waals surface area contributed by atoms with E-state index in [9.17, 15) is 35.1 Å². The molecule has 2 atom stereocenters. The van der Waals surface area contributed by atoms with Crippen LogP contribution in [0.25, 0.3) is 11.3 Å². The number of hydrogen-bond donors (Lipinski definition) is 3. The molecule has 0 aliphatic carbocycles. The van der Waals surface area contributed by atoms with E-state index in [1.54, 1.807) is 6.07 Å². The zero-order chi connectivity index (χ0) is 33.9. The molecule has 256 valence electrons. The Balaban J connectivity index is 1.11. The Morgan fingerprint density at radius 1 is 1.02 bits per heavy atom. The minimum absolute atomic E-state index is 0.0166. The molecule has 2 fully saturated rings. The fraction of sp³-hybridized carbons (Fsp3) is 0.452. The minimum Gasteiger partial charge on any atom is -0.491 e. The summed E-state index contributed by atoms with van der Waals surface area (Å²) in [6.45, 7) is 0.368. The molecule has 3 N–H and O–H groups in total. The zero-order valence-corrected chi connectivity index (χ0v) is 26.9. The molecular formula is C31H36F3N3O8S2. The largest absolute Gasteiger partial charge is 0.491 e. The lowest BCUT2D eigenvalue weighted by molar-refractivity contribution is -0.141. The Morgan fingerprint density at radius 3 is 2.45 bits per heavy atom. The molecule has 0 saturated carbocycles. The van der Waals surface area contributed by atoms with Crippen LogP contribution < -0.4 is 10.1 Å². The number of sulfonamides is 1. The van der Waals surface area contributed by atoms with Crippen LogP contribution in [0.4, 0.5) is 13.2 Å². The third-order valence-corrected chi connectivity index (χ3v) is 11.8. The van der Waals surface area contributed by atoms with Crippen molar-refractivity contribution in [2.24, 2.45) is 0 Å². The van der Waals surface area contributed by atoms with Crippen LogP contribution in [0.3, 0.4) is 0 Å². The van der Waals surface area contributed by atoms with Crippen LogP contribution in [-0.4, -0.2) is 99.3 Å². The second kappa shape index (κ2) is 14.2. The predicted molar refractivity (Wildman–Crippen MR) is 165 cm³/mol. The van der Waals surface area contributed by atoms with E-state index in [1.165, 1.54) is 58.9 Å².